The first-order valence-corrected chi connectivity index (χ1v) is 8.04. The summed E-state index contributed by atoms with van der Waals surface area (Å²) in [6, 6.07) is 9.03. The number of carbonyl (C=O) groups is 1. The van der Waals surface area contributed by atoms with Crippen molar-refractivity contribution in [3.05, 3.63) is 63.7 Å². The maximum Gasteiger partial charge on any atom is 0.341 e. The average Bonchev–Trinajstić information content (AvgIpc) is 2.54. The highest BCUT2D eigenvalue weighted by atomic mass is 32.2. The first kappa shape index (κ1) is 17.4. The van der Waals surface area contributed by atoms with Crippen molar-refractivity contribution in [2.75, 3.05) is 7.11 Å². The fourth-order valence-corrected chi connectivity index (χ4v) is 2.89. The fraction of sp³-hybridized carbons (Fsp3) is 0.133. The molecule has 0 heterocycles. The van der Waals surface area contributed by atoms with Gasteiger partial charge in [-0.15, -0.1) is 0 Å². The topological polar surface area (TPSA) is 113 Å². The molecular weight excluding hydrogens is 338 g/mol. The molecular formula is C15H13NO7S. The molecule has 126 valence electrons. The van der Waals surface area contributed by atoms with Gasteiger partial charge in [0, 0.05) is 11.6 Å². The number of para-hydroxylation sites is 1. The second-order valence-electron chi connectivity index (χ2n) is 4.73. The van der Waals surface area contributed by atoms with Gasteiger partial charge in [-0.25, -0.2) is 4.79 Å². The lowest BCUT2D eigenvalue weighted by molar-refractivity contribution is -0.385. The van der Waals surface area contributed by atoms with Gasteiger partial charge in [0.1, 0.15) is 10.5 Å². The standard InChI is InChI=1S/C15H13NO7S/c1-10-7-8-11(9-13(10)16(18)19)24(20,21)23-14-6-4-3-5-12(14)15(17)22-2/h3-9H,1-2H3. The van der Waals surface area contributed by atoms with E-state index >= 15 is 0 Å². The summed E-state index contributed by atoms with van der Waals surface area (Å²) in [5.74, 6) is -0.997. The summed E-state index contributed by atoms with van der Waals surface area (Å²) in [6.45, 7) is 1.49. The number of rotatable bonds is 5. The largest absolute Gasteiger partial charge is 0.465 e. The minimum atomic E-state index is -4.36. The van der Waals surface area contributed by atoms with Gasteiger partial charge in [-0.1, -0.05) is 18.2 Å². The Morgan fingerprint density at radius 2 is 1.83 bits per heavy atom. The number of aryl methyl sites for hydroxylation is 1. The minimum Gasteiger partial charge on any atom is -0.465 e. The van der Waals surface area contributed by atoms with Crippen molar-refractivity contribution in [1.82, 2.24) is 0 Å². The summed E-state index contributed by atoms with van der Waals surface area (Å²) in [5.41, 5.74) is -0.111. The van der Waals surface area contributed by atoms with Crippen LogP contribution in [0.25, 0.3) is 0 Å². The molecule has 0 atom stereocenters. The van der Waals surface area contributed by atoms with Crippen molar-refractivity contribution in [1.29, 1.82) is 0 Å². The summed E-state index contributed by atoms with van der Waals surface area (Å²) < 4.78 is 34.2. The van der Waals surface area contributed by atoms with Gasteiger partial charge in [-0.2, -0.15) is 8.42 Å². The number of carbonyl (C=O) groups excluding carboxylic acids is 1. The van der Waals surface area contributed by atoms with Crippen molar-refractivity contribution < 1.29 is 27.1 Å². The van der Waals surface area contributed by atoms with E-state index in [4.69, 9.17) is 4.18 Å². The van der Waals surface area contributed by atoms with E-state index in [0.29, 0.717) is 5.56 Å². The van der Waals surface area contributed by atoms with Crippen LogP contribution in [0.1, 0.15) is 15.9 Å². The number of nitrogens with zero attached hydrogens (tertiary/aromatic N) is 1. The van der Waals surface area contributed by atoms with Gasteiger partial charge in [-0.05, 0) is 25.1 Å². The predicted octanol–water partition coefficient (Wildman–Crippen LogP) is 2.46. The van der Waals surface area contributed by atoms with Gasteiger partial charge in [0.15, 0.2) is 5.75 Å². The third-order valence-electron chi connectivity index (χ3n) is 3.16. The zero-order chi connectivity index (χ0) is 17.9. The van der Waals surface area contributed by atoms with Crippen LogP contribution >= 0.6 is 0 Å². The third-order valence-corrected chi connectivity index (χ3v) is 4.39. The van der Waals surface area contributed by atoms with Crippen molar-refractivity contribution in [2.45, 2.75) is 11.8 Å². The lowest BCUT2D eigenvalue weighted by Crippen LogP contribution is -2.13. The fourth-order valence-electron chi connectivity index (χ4n) is 1.93. The molecule has 0 aliphatic carbocycles. The van der Waals surface area contributed by atoms with E-state index < -0.39 is 21.0 Å². The van der Waals surface area contributed by atoms with Crippen LogP contribution in [0.2, 0.25) is 0 Å². The number of benzene rings is 2. The number of esters is 1. The quantitative estimate of drug-likeness (QED) is 0.352. The molecule has 0 spiro atoms. The van der Waals surface area contributed by atoms with Crippen LogP contribution < -0.4 is 4.18 Å². The number of hydrogen-bond acceptors (Lipinski definition) is 7. The smallest absolute Gasteiger partial charge is 0.341 e. The van der Waals surface area contributed by atoms with Crippen LogP contribution in [0.3, 0.4) is 0 Å². The number of nitro groups is 1. The highest BCUT2D eigenvalue weighted by molar-refractivity contribution is 7.87. The molecule has 0 bridgehead atoms. The molecule has 0 saturated heterocycles. The van der Waals surface area contributed by atoms with Gasteiger partial charge in [0.25, 0.3) is 5.69 Å². The monoisotopic (exact) mass is 351 g/mol. The Hall–Kier alpha value is -2.94. The minimum absolute atomic E-state index is 0.0785. The van der Waals surface area contributed by atoms with E-state index in [1.807, 2.05) is 0 Å². The van der Waals surface area contributed by atoms with Crippen LogP contribution in [0.4, 0.5) is 5.69 Å². The Kier molecular flexibility index (Phi) is 4.84. The number of nitro benzene ring substituents is 1. The molecule has 0 saturated carbocycles. The Labute approximate surface area is 137 Å². The highest BCUT2D eigenvalue weighted by Crippen LogP contribution is 2.27. The molecule has 0 aliphatic heterocycles. The van der Waals surface area contributed by atoms with E-state index in [1.165, 1.54) is 43.3 Å². The number of ether oxygens (including phenoxy) is 1. The first-order chi connectivity index (χ1) is 11.3. The molecule has 24 heavy (non-hydrogen) atoms. The highest BCUT2D eigenvalue weighted by Gasteiger charge is 2.24. The Morgan fingerprint density at radius 3 is 2.46 bits per heavy atom. The van der Waals surface area contributed by atoms with E-state index in [2.05, 4.69) is 4.74 Å². The Balaban J connectivity index is 2.45. The van der Waals surface area contributed by atoms with Crippen LogP contribution in [0, 0.1) is 17.0 Å². The molecule has 0 radical (unpaired) electrons. The lowest BCUT2D eigenvalue weighted by Gasteiger charge is -2.10. The molecule has 2 rings (SSSR count). The lowest BCUT2D eigenvalue weighted by atomic mass is 10.2. The van der Waals surface area contributed by atoms with E-state index in [0.717, 1.165) is 13.2 Å². The van der Waals surface area contributed by atoms with Gasteiger partial charge in [0.2, 0.25) is 0 Å². The summed E-state index contributed by atoms with van der Waals surface area (Å²) in [7, 11) is -3.21. The van der Waals surface area contributed by atoms with Gasteiger partial charge < -0.3 is 8.92 Å². The number of methoxy groups -OCH3 is 1. The predicted molar refractivity (Wildman–Crippen MR) is 83.4 cm³/mol. The molecule has 9 heteroatoms. The van der Waals surface area contributed by atoms with Crippen LogP contribution in [-0.2, 0) is 14.9 Å². The van der Waals surface area contributed by atoms with E-state index in [1.54, 1.807) is 0 Å². The molecule has 8 nitrogen and oxygen atoms in total. The maximum atomic E-state index is 12.4. The molecule has 2 aromatic rings. The molecule has 0 fully saturated rings. The van der Waals surface area contributed by atoms with Gasteiger partial charge in [0.05, 0.1) is 12.0 Å². The second-order valence-corrected chi connectivity index (χ2v) is 6.28. The van der Waals surface area contributed by atoms with E-state index in [9.17, 15) is 23.3 Å². The molecule has 0 aliphatic rings. The summed E-state index contributed by atoms with van der Waals surface area (Å²) >= 11 is 0. The SMILES string of the molecule is COC(=O)c1ccccc1OS(=O)(=O)c1ccc(C)c([N+](=O)[O-])c1. The summed E-state index contributed by atoms with van der Waals surface area (Å²) in [5, 5.41) is 11.0. The normalized spacial score (nSPS) is 10.9. The first-order valence-electron chi connectivity index (χ1n) is 6.63. The van der Waals surface area contributed by atoms with Crippen molar-refractivity contribution in [3.63, 3.8) is 0 Å². The second kappa shape index (κ2) is 6.67. The van der Waals surface area contributed by atoms with Gasteiger partial charge >= 0.3 is 16.1 Å². The van der Waals surface area contributed by atoms with Crippen LogP contribution in [0.5, 0.6) is 5.75 Å². The summed E-state index contributed by atoms with van der Waals surface area (Å²) in [6.07, 6.45) is 0. The average molecular weight is 351 g/mol. The van der Waals surface area contributed by atoms with Crippen LogP contribution in [-0.4, -0.2) is 26.4 Å². The third kappa shape index (κ3) is 3.51. The number of hydrogen-bond donors (Lipinski definition) is 0. The Bertz CT molecular complexity index is 906. The Morgan fingerprint density at radius 1 is 1.17 bits per heavy atom. The van der Waals surface area contributed by atoms with Crippen molar-refractivity contribution in [2.24, 2.45) is 0 Å². The van der Waals surface area contributed by atoms with Gasteiger partial charge in [-0.3, -0.25) is 10.1 Å². The maximum absolute atomic E-state index is 12.4. The summed E-state index contributed by atoms with van der Waals surface area (Å²) in [4.78, 5) is 21.5. The zero-order valence-corrected chi connectivity index (χ0v) is 13.6. The molecule has 0 amide bonds. The van der Waals surface area contributed by atoms with E-state index in [-0.39, 0.29) is 21.9 Å². The molecule has 0 unspecified atom stereocenters. The van der Waals surface area contributed by atoms with Crippen LogP contribution in [0.15, 0.2) is 47.4 Å². The zero-order valence-electron chi connectivity index (χ0n) is 12.8. The molecule has 0 N–H and O–H groups in total. The van der Waals surface area contributed by atoms with Crippen molar-refractivity contribution >= 4 is 21.8 Å². The van der Waals surface area contributed by atoms with Crippen molar-refractivity contribution in [3.8, 4) is 5.75 Å². The molecule has 2 aromatic carbocycles. The molecule has 0 aromatic heterocycles.